The summed E-state index contributed by atoms with van der Waals surface area (Å²) in [5.41, 5.74) is 1.19. The Kier molecular flexibility index (Phi) is 6.59. The zero-order chi connectivity index (χ0) is 21.6. The van der Waals surface area contributed by atoms with Crippen LogP contribution in [0.1, 0.15) is 31.6 Å². The molecule has 4 aromatic rings. The molecule has 2 amide bonds. The molecular formula is C23H21N3O3S2. The Morgan fingerprint density at radius 3 is 2.61 bits per heavy atom. The second-order valence-corrected chi connectivity index (χ2v) is 9.21. The first-order valence-corrected chi connectivity index (χ1v) is 11.4. The Morgan fingerprint density at radius 1 is 1.06 bits per heavy atom. The predicted octanol–water partition coefficient (Wildman–Crippen LogP) is 5.13. The van der Waals surface area contributed by atoms with Crippen molar-refractivity contribution in [3.8, 4) is 0 Å². The number of hydrogen-bond acceptors (Lipinski definition) is 6. The van der Waals surface area contributed by atoms with Gasteiger partial charge in [0.25, 0.3) is 5.91 Å². The summed E-state index contributed by atoms with van der Waals surface area (Å²) in [5, 5.41) is 5.07. The Morgan fingerprint density at radius 2 is 1.90 bits per heavy atom. The van der Waals surface area contributed by atoms with Gasteiger partial charge in [-0.3, -0.25) is 14.9 Å². The van der Waals surface area contributed by atoms with Crippen LogP contribution < -0.4 is 5.32 Å². The average molecular weight is 452 g/mol. The van der Waals surface area contributed by atoms with Gasteiger partial charge in [0.2, 0.25) is 5.91 Å². The van der Waals surface area contributed by atoms with Crippen LogP contribution in [-0.4, -0.2) is 21.7 Å². The first-order chi connectivity index (χ1) is 15.1. The summed E-state index contributed by atoms with van der Waals surface area (Å²) in [4.78, 5) is 33.9. The number of rotatable bonds is 8. The summed E-state index contributed by atoms with van der Waals surface area (Å²) in [6.45, 7) is 2.96. The van der Waals surface area contributed by atoms with Crippen LogP contribution in [0.5, 0.6) is 0 Å². The van der Waals surface area contributed by atoms with Crippen LogP contribution in [0, 0.1) is 6.92 Å². The average Bonchev–Trinajstić information content (AvgIpc) is 3.52. The van der Waals surface area contributed by atoms with Crippen LogP contribution in [0.25, 0.3) is 0 Å². The van der Waals surface area contributed by atoms with Gasteiger partial charge < -0.3 is 9.32 Å². The lowest BCUT2D eigenvalue weighted by Gasteiger charge is -2.20. The van der Waals surface area contributed by atoms with Crippen LogP contribution in [0.4, 0.5) is 5.13 Å². The molecule has 1 aromatic carbocycles. The first-order valence-electron chi connectivity index (χ1n) is 9.73. The van der Waals surface area contributed by atoms with Gasteiger partial charge in [0.05, 0.1) is 31.5 Å². The van der Waals surface area contributed by atoms with E-state index in [4.69, 9.17) is 4.42 Å². The van der Waals surface area contributed by atoms with Crippen LogP contribution in [-0.2, 0) is 24.3 Å². The number of carbonyl (C=O) groups is 2. The van der Waals surface area contributed by atoms with E-state index in [9.17, 15) is 9.59 Å². The van der Waals surface area contributed by atoms with Crippen molar-refractivity contribution in [3.63, 3.8) is 0 Å². The largest absolute Gasteiger partial charge is 0.467 e. The van der Waals surface area contributed by atoms with E-state index in [1.54, 1.807) is 40.0 Å². The number of carbonyl (C=O) groups excluding carboxylic acids is 2. The summed E-state index contributed by atoms with van der Waals surface area (Å²) in [5.74, 6) is 0.463. The van der Waals surface area contributed by atoms with Crippen molar-refractivity contribution in [2.24, 2.45) is 0 Å². The van der Waals surface area contributed by atoms with E-state index in [1.165, 1.54) is 16.2 Å². The third-order valence-electron chi connectivity index (χ3n) is 4.56. The monoisotopic (exact) mass is 451 g/mol. The molecule has 3 aromatic heterocycles. The van der Waals surface area contributed by atoms with Crippen molar-refractivity contribution in [2.75, 3.05) is 5.32 Å². The molecule has 0 saturated heterocycles. The molecule has 31 heavy (non-hydrogen) atoms. The van der Waals surface area contributed by atoms with Crippen LogP contribution in [0.15, 0.2) is 70.7 Å². The first kappa shape index (κ1) is 21.0. The van der Waals surface area contributed by atoms with Gasteiger partial charge in [-0.2, -0.15) is 0 Å². The number of aryl methyl sites for hydroxylation is 1. The van der Waals surface area contributed by atoms with Crippen molar-refractivity contribution in [2.45, 2.75) is 26.4 Å². The SMILES string of the molecule is Cc1ccc(CN(Cc2ccco2)C(=O)Cc2csc(NC(=O)c3ccccc3)n2)s1. The van der Waals surface area contributed by atoms with Gasteiger partial charge in [0, 0.05) is 20.7 Å². The number of amides is 2. The lowest BCUT2D eigenvalue weighted by Crippen LogP contribution is -2.31. The number of thiazole rings is 1. The van der Waals surface area contributed by atoms with Crippen LogP contribution in [0.2, 0.25) is 0 Å². The van der Waals surface area contributed by atoms with Gasteiger partial charge in [0.15, 0.2) is 5.13 Å². The van der Waals surface area contributed by atoms with Crippen LogP contribution >= 0.6 is 22.7 Å². The Bertz CT molecular complexity index is 1150. The summed E-state index contributed by atoms with van der Waals surface area (Å²) in [6, 6.07) is 16.7. The molecule has 158 valence electrons. The van der Waals surface area contributed by atoms with E-state index in [2.05, 4.69) is 16.4 Å². The number of thiophene rings is 1. The zero-order valence-corrected chi connectivity index (χ0v) is 18.5. The maximum absolute atomic E-state index is 13.1. The van der Waals surface area contributed by atoms with Crippen molar-refractivity contribution in [1.29, 1.82) is 0 Å². The highest BCUT2D eigenvalue weighted by molar-refractivity contribution is 7.14. The minimum absolute atomic E-state index is 0.0475. The van der Waals surface area contributed by atoms with E-state index in [1.807, 2.05) is 43.3 Å². The molecule has 0 aliphatic carbocycles. The number of furan rings is 1. The summed E-state index contributed by atoms with van der Waals surface area (Å²) >= 11 is 2.98. The fourth-order valence-electron chi connectivity index (χ4n) is 3.05. The molecule has 0 unspecified atom stereocenters. The molecule has 4 rings (SSSR count). The van der Waals surface area contributed by atoms with E-state index in [-0.39, 0.29) is 18.2 Å². The minimum Gasteiger partial charge on any atom is -0.467 e. The molecule has 0 aliphatic rings. The normalized spacial score (nSPS) is 10.7. The number of anilines is 1. The molecule has 1 N–H and O–H groups in total. The highest BCUT2D eigenvalue weighted by Crippen LogP contribution is 2.21. The Hall–Kier alpha value is -3.23. The van der Waals surface area contributed by atoms with Gasteiger partial charge in [-0.1, -0.05) is 18.2 Å². The standard InChI is InChI=1S/C23H21N3O3S2/c1-16-9-10-20(31-16)14-26(13-19-8-5-11-29-19)21(27)12-18-15-30-23(24-18)25-22(28)17-6-3-2-4-7-17/h2-11,15H,12-14H2,1H3,(H,24,25,28). The minimum atomic E-state index is -0.222. The van der Waals surface area contributed by atoms with Gasteiger partial charge in [-0.05, 0) is 43.3 Å². The molecule has 0 atom stereocenters. The van der Waals surface area contributed by atoms with Crippen molar-refractivity contribution in [3.05, 3.63) is 93.0 Å². The fourth-order valence-corrected chi connectivity index (χ4v) is 4.66. The molecule has 0 radical (unpaired) electrons. The van der Waals surface area contributed by atoms with Gasteiger partial charge in [-0.15, -0.1) is 22.7 Å². The topological polar surface area (TPSA) is 75.4 Å². The molecule has 6 nitrogen and oxygen atoms in total. The molecule has 0 fully saturated rings. The van der Waals surface area contributed by atoms with E-state index < -0.39 is 0 Å². The van der Waals surface area contributed by atoms with E-state index >= 15 is 0 Å². The van der Waals surface area contributed by atoms with Crippen molar-refractivity contribution < 1.29 is 14.0 Å². The third-order valence-corrected chi connectivity index (χ3v) is 6.35. The maximum atomic E-state index is 13.1. The van der Waals surface area contributed by atoms with Crippen molar-refractivity contribution >= 4 is 39.6 Å². The molecule has 8 heteroatoms. The molecule has 0 aliphatic heterocycles. The van der Waals surface area contributed by atoms with Gasteiger partial charge >= 0.3 is 0 Å². The number of nitrogens with zero attached hydrogens (tertiary/aromatic N) is 2. The lowest BCUT2D eigenvalue weighted by atomic mass is 10.2. The highest BCUT2D eigenvalue weighted by atomic mass is 32.1. The summed E-state index contributed by atoms with van der Waals surface area (Å²) in [7, 11) is 0. The van der Waals surface area contributed by atoms with Crippen molar-refractivity contribution in [1.82, 2.24) is 9.88 Å². The second-order valence-electron chi connectivity index (χ2n) is 6.98. The Balaban J connectivity index is 1.42. The summed E-state index contributed by atoms with van der Waals surface area (Å²) in [6.07, 6.45) is 1.76. The lowest BCUT2D eigenvalue weighted by molar-refractivity contribution is -0.132. The number of benzene rings is 1. The Labute approximate surface area is 188 Å². The zero-order valence-electron chi connectivity index (χ0n) is 16.9. The van der Waals surface area contributed by atoms with E-state index in [0.717, 1.165) is 10.6 Å². The second kappa shape index (κ2) is 9.72. The smallest absolute Gasteiger partial charge is 0.257 e. The molecule has 0 bridgehead atoms. The third kappa shape index (κ3) is 5.68. The number of aromatic nitrogens is 1. The molecule has 0 spiro atoms. The number of nitrogens with one attached hydrogen (secondary N) is 1. The maximum Gasteiger partial charge on any atom is 0.257 e. The number of hydrogen-bond donors (Lipinski definition) is 1. The van der Waals surface area contributed by atoms with Gasteiger partial charge in [-0.25, -0.2) is 4.98 Å². The summed E-state index contributed by atoms with van der Waals surface area (Å²) < 4.78 is 5.45. The van der Waals surface area contributed by atoms with Crippen LogP contribution in [0.3, 0.4) is 0 Å². The quantitative estimate of drug-likeness (QED) is 0.403. The fraction of sp³-hybridized carbons (Fsp3) is 0.174. The van der Waals surface area contributed by atoms with Gasteiger partial charge in [0.1, 0.15) is 5.76 Å². The predicted molar refractivity (Wildman–Crippen MR) is 122 cm³/mol. The highest BCUT2D eigenvalue weighted by Gasteiger charge is 2.19. The molecular weight excluding hydrogens is 430 g/mol. The molecule has 3 heterocycles. The molecule has 0 saturated carbocycles. The van der Waals surface area contributed by atoms with E-state index in [0.29, 0.717) is 29.5 Å².